The van der Waals surface area contributed by atoms with E-state index in [1.165, 1.54) is 0 Å². The Hall–Kier alpha value is -2.80. The number of rotatable bonds is 3. The quantitative estimate of drug-likeness (QED) is 0.200. The minimum atomic E-state index is 0. The number of fused-ring (bicyclic) bond motifs is 1. The Morgan fingerprint density at radius 1 is 0.963 bits per heavy atom. The molecule has 27 heavy (non-hydrogen) atoms. The molecule has 0 unspecified atom stereocenters. The van der Waals surface area contributed by atoms with E-state index in [1.54, 1.807) is 0 Å². The molecule has 2 aromatic heterocycles. The number of hydrogen-bond donors (Lipinski definition) is 0. The van der Waals surface area contributed by atoms with Crippen molar-refractivity contribution < 1.29 is 17.0 Å². The molecule has 0 amide bonds. The highest BCUT2D eigenvalue weighted by molar-refractivity contribution is 5.84. The molecule has 0 bridgehead atoms. The van der Waals surface area contributed by atoms with E-state index in [2.05, 4.69) is 32.6 Å². The Morgan fingerprint density at radius 3 is 2.11 bits per heavy atom. The molecule has 3 aromatic rings. The van der Waals surface area contributed by atoms with Crippen molar-refractivity contribution in [2.24, 2.45) is 47.5 Å². The van der Waals surface area contributed by atoms with Crippen LogP contribution in [-0.4, -0.2) is 15.0 Å². The van der Waals surface area contributed by atoms with Gasteiger partial charge in [-0.15, -0.1) is 10.2 Å². The number of amidine groups is 1. The maximum Gasteiger partial charge on any atom is 0.350 e. The van der Waals surface area contributed by atoms with Gasteiger partial charge in [0, 0.05) is 26.1 Å². The lowest BCUT2D eigenvalue weighted by Gasteiger charge is -1.98. The molecule has 0 saturated carbocycles. The number of nitrogens with zero attached hydrogens (tertiary/aromatic N) is 7. The third-order valence-corrected chi connectivity index (χ3v) is 4.25. The first-order valence-corrected chi connectivity index (χ1v) is 8.57. The number of hydrogen-bond acceptors (Lipinski definition) is 3. The van der Waals surface area contributed by atoms with Crippen molar-refractivity contribution in [2.75, 3.05) is 0 Å². The number of imidazole rings is 1. The smallest absolute Gasteiger partial charge is 0.350 e. The van der Waals surface area contributed by atoms with E-state index >= 15 is 0 Å². The van der Waals surface area contributed by atoms with E-state index in [0.717, 1.165) is 22.5 Å². The summed E-state index contributed by atoms with van der Waals surface area (Å²) in [6, 6.07) is 14.0. The maximum atomic E-state index is 4.45. The van der Waals surface area contributed by atoms with Gasteiger partial charge >= 0.3 is 5.82 Å². The molecule has 0 saturated heterocycles. The molecule has 0 radical (unpaired) electrons. The summed E-state index contributed by atoms with van der Waals surface area (Å²) < 4.78 is 5.94. The first-order valence-electron chi connectivity index (χ1n) is 8.57. The second-order valence-electron chi connectivity index (χ2n) is 6.49. The molecule has 0 N–H and O–H groups in total. The van der Waals surface area contributed by atoms with Gasteiger partial charge in [-0.05, 0) is 23.3 Å². The first kappa shape index (κ1) is 20.5. The first-order chi connectivity index (χ1) is 12.5. The van der Waals surface area contributed by atoms with Crippen LogP contribution < -0.4 is 22.6 Å². The Labute approximate surface area is 164 Å². The number of azo groups is 1. The summed E-state index contributed by atoms with van der Waals surface area (Å²) in [7, 11) is 5.90. The fourth-order valence-corrected chi connectivity index (χ4v) is 2.67. The highest BCUT2D eigenvalue weighted by Crippen LogP contribution is 2.10. The van der Waals surface area contributed by atoms with Crippen molar-refractivity contribution in [3.05, 3.63) is 54.3 Å². The third-order valence-electron chi connectivity index (χ3n) is 4.25. The van der Waals surface area contributed by atoms with Crippen LogP contribution in [0.4, 0.5) is 5.82 Å². The molecule has 0 aliphatic rings. The summed E-state index contributed by atoms with van der Waals surface area (Å²) in [6.07, 6.45) is 1.93. The fraction of sp³-hybridized carbons (Fsp3) is 0.316. The van der Waals surface area contributed by atoms with Gasteiger partial charge in [-0.25, -0.2) is 4.57 Å². The number of benzene rings is 1. The van der Waals surface area contributed by atoms with Crippen molar-refractivity contribution in [3.8, 4) is 0 Å². The van der Waals surface area contributed by atoms with Crippen molar-refractivity contribution in [1.29, 1.82) is 0 Å². The standard InChI is InChI=1S/C19H24N7.ClH/c1-14(2)18(21-20-17-12-8-9-13-24(17)3)22-23-19-25(4)15-10-6-7-11-16(15)26(19)5;/h6-14H,1-5H3;1H/q+1;/p-1. The highest BCUT2D eigenvalue weighted by atomic mass is 35.5. The van der Waals surface area contributed by atoms with E-state index in [1.807, 2.05) is 85.2 Å². The third kappa shape index (κ3) is 4.31. The summed E-state index contributed by atoms with van der Waals surface area (Å²) in [5, 5.41) is 17.5. The number of halogens is 1. The van der Waals surface area contributed by atoms with Gasteiger partial charge < -0.3 is 21.5 Å². The van der Waals surface area contributed by atoms with Crippen LogP contribution in [0.1, 0.15) is 13.8 Å². The highest BCUT2D eigenvalue weighted by Gasteiger charge is 2.10. The molecule has 0 aliphatic heterocycles. The van der Waals surface area contributed by atoms with Crippen LogP contribution >= 0.6 is 0 Å². The average Bonchev–Trinajstić information content (AvgIpc) is 2.87. The zero-order chi connectivity index (χ0) is 18.7. The molecule has 0 aliphatic carbocycles. The molecule has 0 atom stereocenters. The van der Waals surface area contributed by atoms with Crippen LogP contribution in [0.15, 0.2) is 69.1 Å². The topological polar surface area (TPSA) is 63.2 Å². The monoisotopic (exact) mass is 385 g/mol. The minimum Gasteiger partial charge on any atom is -1.00 e. The van der Waals surface area contributed by atoms with Crippen molar-refractivity contribution >= 4 is 22.7 Å². The predicted octanol–water partition coefficient (Wildman–Crippen LogP) is -0.000600. The van der Waals surface area contributed by atoms with Gasteiger partial charge in [-0.3, -0.25) is 0 Å². The molecule has 8 heteroatoms. The Morgan fingerprint density at radius 2 is 1.56 bits per heavy atom. The van der Waals surface area contributed by atoms with Crippen LogP contribution in [0.25, 0.3) is 11.0 Å². The van der Waals surface area contributed by atoms with Crippen molar-refractivity contribution in [1.82, 2.24) is 9.13 Å². The second-order valence-corrected chi connectivity index (χ2v) is 6.49. The summed E-state index contributed by atoms with van der Waals surface area (Å²) >= 11 is 0. The van der Waals surface area contributed by atoms with E-state index in [9.17, 15) is 0 Å². The van der Waals surface area contributed by atoms with E-state index in [4.69, 9.17) is 0 Å². The minimum absolute atomic E-state index is 0. The number of pyridine rings is 1. The maximum absolute atomic E-state index is 4.45. The Kier molecular flexibility index (Phi) is 6.63. The lowest BCUT2D eigenvalue weighted by Crippen LogP contribution is -3.00. The molecule has 0 fully saturated rings. The SMILES string of the molecule is CC(C)/C(N=Nc1cccc[n+]1C)=N/N=c1n(C)c2ccccc2n1C.[Cl-]. The van der Waals surface area contributed by atoms with Crippen LogP contribution in [-0.2, 0) is 21.1 Å². The zero-order valence-electron chi connectivity index (χ0n) is 16.2. The average molecular weight is 386 g/mol. The van der Waals surface area contributed by atoms with Crippen LogP contribution in [0.2, 0.25) is 0 Å². The molecule has 0 spiro atoms. The molecule has 7 nitrogen and oxygen atoms in total. The number of aromatic nitrogens is 3. The normalized spacial score (nSPS) is 12.0. The number of aryl methyl sites for hydroxylation is 3. The van der Waals surface area contributed by atoms with Gasteiger partial charge in [0.15, 0.2) is 0 Å². The Balaban J connectivity index is 0.00000261. The van der Waals surface area contributed by atoms with Crippen molar-refractivity contribution in [3.63, 3.8) is 0 Å². The van der Waals surface area contributed by atoms with Gasteiger partial charge in [-0.2, -0.15) is 0 Å². The second kappa shape index (κ2) is 8.73. The lowest BCUT2D eigenvalue weighted by atomic mass is 10.2. The summed E-state index contributed by atoms with van der Waals surface area (Å²) in [6.45, 7) is 4.06. The van der Waals surface area contributed by atoms with E-state index in [-0.39, 0.29) is 18.3 Å². The number of para-hydroxylation sites is 2. The van der Waals surface area contributed by atoms with Crippen LogP contribution in [0.5, 0.6) is 0 Å². The molecule has 3 rings (SSSR count). The Bertz CT molecular complexity index is 1020. The van der Waals surface area contributed by atoms with Crippen LogP contribution in [0.3, 0.4) is 0 Å². The molecule has 2 heterocycles. The van der Waals surface area contributed by atoms with E-state index in [0.29, 0.717) is 5.84 Å². The molecule has 1 aromatic carbocycles. The largest absolute Gasteiger partial charge is 1.00 e. The van der Waals surface area contributed by atoms with E-state index < -0.39 is 0 Å². The van der Waals surface area contributed by atoms with Gasteiger partial charge in [0.05, 0.1) is 29.4 Å². The van der Waals surface area contributed by atoms with Gasteiger partial charge in [0.2, 0.25) is 11.5 Å². The van der Waals surface area contributed by atoms with Gasteiger partial charge in [0.25, 0.3) is 0 Å². The summed E-state index contributed by atoms with van der Waals surface area (Å²) in [5.41, 5.74) is 2.96. The van der Waals surface area contributed by atoms with Crippen LogP contribution in [0, 0.1) is 5.92 Å². The fourth-order valence-electron chi connectivity index (χ4n) is 2.67. The predicted molar refractivity (Wildman–Crippen MR) is 102 cm³/mol. The summed E-state index contributed by atoms with van der Waals surface area (Å²) in [4.78, 5) is 0. The molecular formula is C19H24ClN7. The van der Waals surface area contributed by atoms with Gasteiger partial charge in [0.1, 0.15) is 0 Å². The van der Waals surface area contributed by atoms with Gasteiger partial charge in [-0.1, -0.05) is 32.0 Å². The molecule has 142 valence electrons. The van der Waals surface area contributed by atoms with Crippen molar-refractivity contribution in [2.45, 2.75) is 13.8 Å². The lowest BCUT2D eigenvalue weighted by molar-refractivity contribution is -0.658. The summed E-state index contributed by atoms with van der Waals surface area (Å²) in [5.74, 6) is 1.45. The zero-order valence-corrected chi connectivity index (χ0v) is 17.0. The molecular weight excluding hydrogens is 362 g/mol.